The molecule has 0 saturated heterocycles. The van der Waals surface area contributed by atoms with Crippen LogP contribution in [0, 0.1) is 5.82 Å². The van der Waals surface area contributed by atoms with Gasteiger partial charge >= 0.3 is 0 Å². The molecular weight excluding hydrogens is 295 g/mol. The Labute approximate surface area is 133 Å². The Morgan fingerprint density at radius 1 is 1.30 bits per heavy atom. The predicted octanol–water partition coefficient (Wildman–Crippen LogP) is 2.75. The molecule has 2 N–H and O–H groups in total. The van der Waals surface area contributed by atoms with E-state index in [0.717, 1.165) is 18.5 Å². The van der Waals surface area contributed by atoms with Crippen molar-refractivity contribution in [2.24, 2.45) is 0 Å². The Balaban J connectivity index is 1.62. The maximum atomic E-state index is 13.7. The first-order chi connectivity index (χ1) is 11.1. The molecule has 4 nitrogen and oxygen atoms in total. The molecule has 2 aromatic rings. The van der Waals surface area contributed by atoms with Crippen LogP contribution in [0.15, 0.2) is 41.2 Å². The van der Waals surface area contributed by atoms with Gasteiger partial charge in [0.2, 0.25) is 5.56 Å². The molecule has 0 radical (unpaired) electrons. The summed E-state index contributed by atoms with van der Waals surface area (Å²) in [5, 5.41) is 2.92. The highest BCUT2D eigenvalue weighted by Crippen LogP contribution is 2.38. The number of aromatic amines is 1. The van der Waals surface area contributed by atoms with Crippen molar-refractivity contribution in [3.63, 3.8) is 0 Å². The SMILES string of the molecule is CCc1cc(C(=O)NC2CC(c3ccccc3F)C2)cc(=O)[nH]1. The Kier molecular flexibility index (Phi) is 4.28. The number of pyridine rings is 1. The molecule has 120 valence electrons. The standard InChI is InChI=1S/C18H19FN2O2/c1-2-13-9-12(10-17(22)20-13)18(23)21-14-7-11(8-14)15-5-3-4-6-16(15)19/h3-6,9-11,14H,2,7-8H2,1H3,(H,20,22)(H,21,23). The van der Waals surface area contributed by atoms with Crippen LogP contribution in [0.4, 0.5) is 4.39 Å². The Morgan fingerprint density at radius 2 is 2.04 bits per heavy atom. The number of H-pyrrole nitrogens is 1. The smallest absolute Gasteiger partial charge is 0.251 e. The van der Waals surface area contributed by atoms with Crippen LogP contribution in [0.2, 0.25) is 0 Å². The van der Waals surface area contributed by atoms with Gasteiger partial charge in [-0.2, -0.15) is 0 Å². The molecule has 1 aliphatic carbocycles. The molecule has 1 aliphatic rings. The highest BCUT2D eigenvalue weighted by atomic mass is 19.1. The van der Waals surface area contributed by atoms with Gasteiger partial charge in [0.05, 0.1) is 0 Å². The lowest BCUT2D eigenvalue weighted by atomic mass is 9.75. The summed E-state index contributed by atoms with van der Waals surface area (Å²) in [5.74, 6) is -0.292. The van der Waals surface area contributed by atoms with Crippen molar-refractivity contribution in [2.45, 2.75) is 38.1 Å². The lowest BCUT2D eigenvalue weighted by Crippen LogP contribution is -2.43. The summed E-state index contributed by atoms with van der Waals surface area (Å²) in [5.41, 5.74) is 1.55. The number of halogens is 1. The van der Waals surface area contributed by atoms with Crippen LogP contribution in [-0.2, 0) is 6.42 Å². The maximum absolute atomic E-state index is 13.7. The van der Waals surface area contributed by atoms with Gasteiger partial charge in [0.25, 0.3) is 5.91 Å². The number of carbonyl (C=O) groups is 1. The maximum Gasteiger partial charge on any atom is 0.251 e. The van der Waals surface area contributed by atoms with Crippen molar-refractivity contribution in [2.75, 3.05) is 0 Å². The van der Waals surface area contributed by atoms with E-state index in [2.05, 4.69) is 10.3 Å². The van der Waals surface area contributed by atoms with Crippen LogP contribution >= 0.6 is 0 Å². The third kappa shape index (κ3) is 3.33. The van der Waals surface area contributed by atoms with Crippen LogP contribution in [0.3, 0.4) is 0 Å². The van der Waals surface area contributed by atoms with Crippen molar-refractivity contribution >= 4 is 5.91 Å². The van der Waals surface area contributed by atoms with Crippen LogP contribution < -0.4 is 10.9 Å². The Bertz CT molecular complexity index is 779. The number of nitrogens with one attached hydrogen (secondary N) is 2. The summed E-state index contributed by atoms with van der Waals surface area (Å²) in [6.07, 6.45) is 2.10. The minimum atomic E-state index is -0.271. The second-order valence-corrected chi connectivity index (χ2v) is 5.97. The minimum absolute atomic E-state index is 0.0245. The highest BCUT2D eigenvalue weighted by Gasteiger charge is 2.33. The first-order valence-corrected chi connectivity index (χ1v) is 7.85. The molecular formula is C18H19FN2O2. The van der Waals surface area contributed by atoms with Gasteiger partial charge in [-0.3, -0.25) is 9.59 Å². The zero-order valence-corrected chi connectivity index (χ0v) is 12.9. The molecule has 3 rings (SSSR count). The first kappa shape index (κ1) is 15.5. The van der Waals surface area contributed by atoms with E-state index in [0.29, 0.717) is 17.5 Å². The number of benzene rings is 1. The van der Waals surface area contributed by atoms with E-state index in [1.165, 1.54) is 12.1 Å². The molecule has 5 heteroatoms. The molecule has 0 aliphatic heterocycles. The molecule has 1 aromatic heterocycles. The number of amides is 1. The quantitative estimate of drug-likeness (QED) is 0.911. The summed E-state index contributed by atoms with van der Waals surface area (Å²) in [6.45, 7) is 1.91. The molecule has 0 bridgehead atoms. The topological polar surface area (TPSA) is 62.0 Å². The van der Waals surface area contributed by atoms with Crippen LogP contribution in [0.5, 0.6) is 0 Å². The molecule has 1 heterocycles. The average Bonchev–Trinajstić information content (AvgIpc) is 2.50. The second kappa shape index (κ2) is 6.36. The average molecular weight is 314 g/mol. The van der Waals surface area contributed by atoms with Crippen molar-refractivity contribution in [1.29, 1.82) is 0 Å². The minimum Gasteiger partial charge on any atom is -0.349 e. The number of aromatic nitrogens is 1. The van der Waals surface area contributed by atoms with Crippen molar-refractivity contribution in [1.82, 2.24) is 10.3 Å². The van der Waals surface area contributed by atoms with Crippen LogP contribution in [0.25, 0.3) is 0 Å². The summed E-state index contributed by atoms with van der Waals surface area (Å²) >= 11 is 0. The molecule has 1 fully saturated rings. The highest BCUT2D eigenvalue weighted by molar-refractivity contribution is 5.94. The van der Waals surface area contributed by atoms with Gasteiger partial charge in [0.15, 0.2) is 0 Å². The van der Waals surface area contributed by atoms with Gasteiger partial charge in [-0.05, 0) is 42.9 Å². The van der Waals surface area contributed by atoms with Gasteiger partial charge in [-0.15, -0.1) is 0 Å². The monoisotopic (exact) mass is 314 g/mol. The molecule has 0 spiro atoms. The third-order valence-electron chi connectivity index (χ3n) is 4.36. The molecule has 1 amide bonds. The van der Waals surface area contributed by atoms with Gasteiger partial charge in [-0.25, -0.2) is 4.39 Å². The van der Waals surface area contributed by atoms with Gasteiger partial charge in [-0.1, -0.05) is 25.1 Å². The lowest BCUT2D eigenvalue weighted by molar-refractivity contribution is 0.0908. The molecule has 0 unspecified atom stereocenters. The summed E-state index contributed by atoms with van der Waals surface area (Å²) in [7, 11) is 0. The van der Waals surface area contributed by atoms with E-state index in [-0.39, 0.29) is 29.2 Å². The number of rotatable bonds is 4. The zero-order chi connectivity index (χ0) is 16.4. The fourth-order valence-corrected chi connectivity index (χ4v) is 2.99. The zero-order valence-electron chi connectivity index (χ0n) is 12.9. The van der Waals surface area contributed by atoms with Gasteiger partial charge < -0.3 is 10.3 Å². The van der Waals surface area contributed by atoms with Crippen LogP contribution in [-0.4, -0.2) is 16.9 Å². The van der Waals surface area contributed by atoms with Gasteiger partial charge in [0.1, 0.15) is 5.82 Å². The largest absolute Gasteiger partial charge is 0.349 e. The fraction of sp³-hybridized carbons (Fsp3) is 0.333. The van der Waals surface area contributed by atoms with Crippen molar-refractivity contribution in [3.8, 4) is 0 Å². The van der Waals surface area contributed by atoms with E-state index in [1.807, 2.05) is 13.0 Å². The first-order valence-electron chi connectivity index (χ1n) is 7.85. The van der Waals surface area contributed by atoms with Crippen molar-refractivity contribution in [3.05, 3.63) is 69.4 Å². The van der Waals surface area contributed by atoms with Crippen molar-refractivity contribution < 1.29 is 9.18 Å². The number of hydrogen-bond acceptors (Lipinski definition) is 2. The molecule has 1 saturated carbocycles. The number of aryl methyl sites for hydroxylation is 1. The number of carbonyl (C=O) groups excluding carboxylic acids is 1. The molecule has 23 heavy (non-hydrogen) atoms. The second-order valence-electron chi connectivity index (χ2n) is 5.97. The lowest BCUT2D eigenvalue weighted by Gasteiger charge is -2.36. The van der Waals surface area contributed by atoms with E-state index < -0.39 is 0 Å². The third-order valence-corrected chi connectivity index (χ3v) is 4.36. The van der Waals surface area contributed by atoms with E-state index in [1.54, 1.807) is 18.2 Å². The Morgan fingerprint density at radius 3 is 2.74 bits per heavy atom. The summed E-state index contributed by atoms with van der Waals surface area (Å²) in [6, 6.07) is 9.79. The fourth-order valence-electron chi connectivity index (χ4n) is 2.99. The van der Waals surface area contributed by atoms with E-state index in [4.69, 9.17) is 0 Å². The summed E-state index contributed by atoms with van der Waals surface area (Å²) in [4.78, 5) is 26.5. The molecule has 1 aromatic carbocycles. The molecule has 0 atom stereocenters. The van der Waals surface area contributed by atoms with E-state index in [9.17, 15) is 14.0 Å². The van der Waals surface area contributed by atoms with Gasteiger partial charge in [0, 0.05) is 23.4 Å². The van der Waals surface area contributed by atoms with E-state index >= 15 is 0 Å². The Hall–Kier alpha value is -2.43. The predicted molar refractivity (Wildman–Crippen MR) is 86.1 cm³/mol. The summed E-state index contributed by atoms with van der Waals surface area (Å²) < 4.78 is 13.7. The number of hydrogen-bond donors (Lipinski definition) is 2. The normalized spacial score (nSPS) is 19.9. The van der Waals surface area contributed by atoms with Crippen LogP contribution in [0.1, 0.15) is 47.3 Å².